The average Bonchev–Trinajstić information content (AvgIpc) is 2.63. The summed E-state index contributed by atoms with van der Waals surface area (Å²) in [5.74, 6) is 0.418. The first-order valence-corrected chi connectivity index (χ1v) is 28.4. The van der Waals surface area contributed by atoms with Crippen LogP contribution in [0.5, 0.6) is 17.2 Å². The summed E-state index contributed by atoms with van der Waals surface area (Å²) in [4.78, 5) is 69.6. The number of carboxylic acid groups (broad SMARTS) is 1. The van der Waals surface area contributed by atoms with Gasteiger partial charge in [-0.3, -0.25) is 44.1 Å². The number of aliphatic carboxylic acids is 1. The number of amides is 2. The maximum atomic E-state index is 12.5. The number of ketones is 1. The molecule has 16 nitrogen and oxygen atoms in total. The second-order valence-electron chi connectivity index (χ2n) is 19.7. The minimum absolute atomic E-state index is 0.0651. The van der Waals surface area contributed by atoms with Crippen LogP contribution < -0.4 is 19.9 Å². The summed E-state index contributed by atoms with van der Waals surface area (Å²) in [6.45, 7) is 7.30. The number of unbranched alkanes of at least 4 members (excludes halogenated alkanes) is 3. The Labute approximate surface area is 496 Å². The summed E-state index contributed by atoms with van der Waals surface area (Å²) >= 11 is 0. The zero-order valence-corrected chi connectivity index (χ0v) is 49.2. The fraction of sp³-hybridized carbons (Fsp3) is 0.275. The molecule has 0 aliphatic carbocycles. The number of hydrogen-bond acceptors (Lipinski definition) is 14. The van der Waals surface area contributed by atoms with Gasteiger partial charge in [0.1, 0.15) is 23.0 Å². The number of hydrogen-bond donors (Lipinski definition) is 3. The van der Waals surface area contributed by atoms with E-state index in [4.69, 9.17) is 35.0 Å². The van der Waals surface area contributed by atoms with Gasteiger partial charge in [-0.1, -0.05) is 124 Å². The quantitative estimate of drug-likeness (QED) is 0.0296. The van der Waals surface area contributed by atoms with Gasteiger partial charge in [0.25, 0.3) is 11.8 Å². The van der Waals surface area contributed by atoms with Gasteiger partial charge in [-0.05, 0) is 131 Å². The number of methoxy groups -OCH3 is 3. The van der Waals surface area contributed by atoms with Crippen LogP contribution in [0.1, 0.15) is 88.8 Å². The largest absolute Gasteiger partial charge is 0.497 e. The smallest absolute Gasteiger partial charge is 0.310 e. The summed E-state index contributed by atoms with van der Waals surface area (Å²) in [6.07, 6.45) is 12.3. The molecule has 0 unspecified atom stereocenters. The van der Waals surface area contributed by atoms with Crippen molar-refractivity contribution in [2.24, 2.45) is 5.73 Å². The molecule has 9 aromatic rings. The molecule has 4 heterocycles. The third kappa shape index (κ3) is 18.6. The number of nitrogens with two attached hydrogens (primary N) is 1. The van der Waals surface area contributed by atoms with Crippen molar-refractivity contribution in [2.45, 2.75) is 91.4 Å². The van der Waals surface area contributed by atoms with Crippen LogP contribution in [-0.2, 0) is 48.0 Å². The number of ether oxygens (including phenoxy) is 4. The molecular weight excluding hydrogens is 1070 g/mol. The van der Waals surface area contributed by atoms with Crippen molar-refractivity contribution in [3.63, 3.8) is 0 Å². The molecule has 0 atom stereocenters. The Kier molecular flexibility index (Phi) is 25.7. The predicted octanol–water partition coefficient (Wildman–Crippen LogP) is 13.4. The molecular formula is C69H75N5O11. The van der Waals surface area contributed by atoms with Gasteiger partial charge in [0.2, 0.25) is 0 Å². The number of Topliss-reactive ketones (excluding diaryl/α,β-unsaturated/α-hetero) is 1. The molecule has 4 N–H and O–H groups in total. The molecule has 16 heteroatoms. The van der Waals surface area contributed by atoms with Crippen molar-refractivity contribution < 1.29 is 53.2 Å². The Hall–Kier alpha value is -9.38. The molecule has 0 radical (unpaired) electrons. The van der Waals surface area contributed by atoms with Crippen LogP contribution in [0.25, 0.3) is 66.1 Å². The van der Waals surface area contributed by atoms with E-state index < -0.39 is 17.8 Å². The highest BCUT2D eigenvalue weighted by Gasteiger charge is 2.27. The van der Waals surface area contributed by atoms with E-state index in [0.717, 1.165) is 120 Å². The fourth-order valence-electron chi connectivity index (χ4n) is 9.43. The van der Waals surface area contributed by atoms with Gasteiger partial charge < -0.3 is 29.8 Å². The third-order valence-electron chi connectivity index (χ3n) is 13.7. The SMILES string of the molecule is CCCCCC(=O)Cc1cnc2ccc(OC)cc2c1-c1ccccc1.CCCCN.CCOC(=O)Cc1cnc2ccc(OC)cc2c1-c1ccccc1.COc1ccc2ncc(CC(=O)O)c(-c3ccccc3)c2c1.O=C1CCC(=O)N1O. The highest BCUT2D eigenvalue weighted by Crippen LogP contribution is 2.37. The number of benzene rings is 6. The first-order chi connectivity index (χ1) is 41.3. The van der Waals surface area contributed by atoms with E-state index in [1.165, 1.54) is 12.8 Å². The fourth-order valence-corrected chi connectivity index (χ4v) is 9.43. The van der Waals surface area contributed by atoms with Crippen molar-refractivity contribution in [3.8, 4) is 50.6 Å². The first-order valence-electron chi connectivity index (χ1n) is 28.4. The van der Waals surface area contributed by atoms with E-state index >= 15 is 0 Å². The number of carboxylic acids is 1. The zero-order valence-electron chi connectivity index (χ0n) is 49.2. The number of rotatable bonds is 19. The molecule has 10 rings (SSSR count). The lowest BCUT2D eigenvalue weighted by molar-refractivity contribution is -0.171. The van der Waals surface area contributed by atoms with Crippen molar-refractivity contribution in [3.05, 3.63) is 181 Å². The lowest BCUT2D eigenvalue weighted by atomic mass is 9.93. The van der Waals surface area contributed by atoms with Crippen LogP contribution in [0.15, 0.2) is 164 Å². The number of imide groups is 1. The Bertz CT molecular complexity index is 3640. The minimum Gasteiger partial charge on any atom is -0.497 e. The van der Waals surface area contributed by atoms with Gasteiger partial charge in [0.15, 0.2) is 0 Å². The van der Waals surface area contributed by atoms with Crippen molar-refractivity contribution in [2.75, 3.05) is 34.5 Å². The first kappa shape index (κ1) is 64.8. The second kappa shape index (κ2) is 33.7. The Balaban J connectivity index is 0.000000185. The summed E-state index contributed by atoms with van der Waals surface area (Å²) in [5.41, 5.74) is 16.3. The standard InChI is InChI=1S/C23H25NO2.C20H19NO3.C18H15NO3.C4H5NO3.C4H11N/c1-3-4-6-11-19(25)14-18-16-24-22-13-12-20(26-2)15-21(22)23(18)17-9-7-5-8-10-17;1-3-24-19(22)11-15-13-21-18-10-9-16(23-2)12-17(18)20(15)14-7-5-4-6-8-14;1-22-14-7-8-16-15(10-14)18(12-5-3-2-4-6-12)13(11-19-16)9-17(20)21;6-3-1-2-4(7)5(3)8;1-2-3-4-5/h5,7-10,12-13,15-16H,3-4,6,11,14H2,1-2H3;4-10,12-13H,3,11H2,1-2H3;2-8,10-11H,9H2,1H3,(H,20,21);8H,1-2H2;2-5H2,1H3. The van der Waals surface area contributed by atoms with E-state index in [-0.39, 0.29) is 42.5 Å². The molecule has 85 heavy (non-hydrogen) atoms. The summed E-state index contributed by atoms with van der Waals surface area (Å²) in [5, 5.41) is 20.6. The number of pyridine rings is 3. The topological polar surface area (TPSA) is 231 Å². The summed E-state index contributed by atoms with van der Waals surface area (Å²) in [7, 11) is 4.91. The maximum Gasteiger partial charge on any atom is 0.310 e. The van der Waals surface area contributed by atoms with E-state index in [9.17, 15) is 24.0 Å². The van der Waals surface area contributed by atoms with Crippen LogP contribution >= 0.6 is 0 Å². The Morgan fingerprint density at radius 3 is 1.20 bits per heavy atom. The number of esters is 1. The number of carbonyl (C=O) groups excluding carboxylic acids is 4. The molecule has 1 aliphatic heterocycles. The molecule has 1 aliphatic rings. The minimum atomic E-state index is -0.874. The number of aromatic nitrogens is 3. The Morgan fingerprint density at radius 1 is 0.518 bits per heavy atom. The number of hydroxylamine groups is 2. The van der Waals surface area contributed by atoms with Gasteiger partial charge in [-0.15, -0.1) is 0 Å². The maximum absolute atomic E-state index is 12.5. The van der Waals surface area contributed by atoms with E-state index in [2.05, 4.69) is 40.9 Å². The molecule has 0 spiro atoms. The lowest BCUT2D eigenvalue weighted by Gasteiger charge is -2.14. The van der Waals surface area contributed by atoms with Crippen LogP contribution in [-0.4, -0.2) is 94.3 Å². The number of nitrogens with zero attached hydrogens (tertiary/aromatic N) is 4. The molecule has 1 saturated heterocycles. The number of carbonyl (C=O) groups is 5. The molecule has 2 amide bonds. The predicted molar refractivity (Wildman–Crippen MR) is 333 cm³/mol. The average molecular weight is 1150 g/mol. The Morgan fingerprint density at radius 2 is 0.894 bits per heavy atom. The monoisotopic (exact) mass is 1150 g/mol. The molecule has 1 fully saturated rings. The molecule has 6 aromatic carbocycles. The molecule has 442 valence electrons. The van der Waals surface area contributed by atoms with Crippen molar-refractivity contribution in [1.82, 2.24) is 20.0 Å². The van der Waals surface area contributed by atoms with Crippen LogP contribution in [0, 0.1) is 0 Å². The highest BCUT2D eigenvalue weighted by atomic mass is 16.5. The van der Waals surface area contributed by atoms with Gasteiger partial charge in [-0.25, -0.2) is 0 Å². The highest BCUT2D eigenvalue weighted by molar-refractivity contribution is 6.01. The molecule has 3 aromatic heterocycles. The van der Waals surface area contributed by atoms with E-state index in [1.807, 2.05) is 140 Å². The van der Waals surface area contributed by atoms with Gasteiger partial charge in [0, 0.05) is 60.4 Å². The second-order valence-corrected chi connectivity index (χ2v) is 19.7. The normalized spacial score (nSPS) is 11.5. The van der Waals surface area contributed by atoms with Crippen molar-refractivity contribution in [1.29, 1.82) is 0 Å². The zero-order chi connectivity index (χ0) is 61.1. The summed E-state index contributed by atoms with van der Waals surface area (Å²) in [6, 6.07) is 47.2. The van der Waals surface area contributed by atoms with Gasteiger partial charge in [0.05, 0.1) is 57.3 Å². The van der Waals surface area contributed by atoms with Crippen LogP contribution in [0.3, 0.4) is 0 Å². The van der Waals surface area contributed by atoms with E-state index in [1.54, 1.807) is 40.6 Å². The molecule has 0 saturated carbocycles. The van der Waals surface area contributed by atoms with Crippen LogP contribution in [0.2, 0.25) is 0 Å². The van der Waals surface area contributed by atoms with Crippen molar-refractivity contribution >= 4 is 62.2 Å². The molecule has 0 bridgehead atoms. The summed E-state index contributed by atoms with van der Waals surface area (Å²) < 4.78 is 21.2. The van der Waals surface area contributed by atoms with E-state index in [0.29, 0.717) is 25.0 Å². The number of fused-ring (bicyclic) bond motifs is 3. The van der Waals surface area contributed by atoms with Crippen LogP contribution in [0.4, 0.5) is 0 Å². The van der Waals surface area contributed by atoms with Gasteiger partial charge in [-0.2, -0.15) is 5.06 Å². The third-order valence-corrected chi connectivity index (χ3v) is 13.7. The van der Waals surface area contributed by atoms with Gasteiger partial charge >= 0.3 is 11.9 Å². The lowest BCUT2D eigenvalue weighted by Crippen LogP contribution is -2.24.